The van der Waals surface area contributed by atoms with Gasteiger partial charge in [-0.05, 0) is 80.2 Å². The first-order valence-electron chi connectivity index (χ1n) is 9.05. The number of nitrogens with one attached hydrogen (secondary N) is 1. The fraction of sp³-hybridized carbons (Fsp3) is 0.611. The maximum atomic E-state index is 13.3. The molecule has 0 radical (unpaired) electrons. The molecule has 4 fully saturated rings. The summed E-state index contributed by atoms with van der Waals surface area (Å²) in [4.78, 5) is 19.4. The number of hydrogen-bond acceptors (Lipinski definition) is 5. The maximum Gasteiger partial charge on any atom is 0.231 e. The van der Waals surface area contributed by atoms with Gasteiger partial charge in [0.1, 0.15) is 5.82 Å². The summed E-state index contributed by atoms with van der Waals surface area (Å²) < 4.78 is 0. The van der Waals surface area contributed by atoms with Crippen LogP contribution in [0.5, 0.6) is 0 Å². The first-order chi connectivity index (χ1) is 12.1. The van der Waals surface area contributed by atoms with Gasteiger partial charge in [-0.15, -0.1) is 10.2 Å². The Balaban J connectivity index is 1.47. The second-order valence-electron chi connectivity index (χ2n) is 8.36. The molecule has 7 heteroatoms. The van der Waals surface area contributed by atoms with Crippen LogP contribution in [0.3, 0.4) is 0 Å². The van der Waals surface area contributed by atoms with Gasteiger partial charge in [-0.2, -0.15) is 4.80 Å². The van der Waals surface area contributed by atoms with E-state index in [1.807, 2.05) is 19.1 Å². The summed E-state index contributed by atoms with van der Waals surface area (Å²) in [5, 5.41) is 15.5. The molecule has 0 aliphatic heterocycles. The molecule has 0 unspecified atom stereocenters. The van der Waals surface area contributed by atoms with Gasteiger partial charge >= 0.3 is 0 Å². The van der Waals surface area contributed by atoms with Crippen LogP contribution in [-0.4, -0.2) is 31.1 Å². The Labute approximate surface area is 146 Å². The topological polar surface area (TPSA) is 85.6 Å². The number of amides is 1. The van der Waals surface area contributed by atoms with Gasteiger partial charge in [-0.3, -0.25) is 4.79 Å². The predicted octanol–water partition coefficient (Wildman–Crippen LogP) is 2.31. The molecule has 0 aromatic carbocycles. The molecule has 0 spiro atoms. The third kappa shape index (κ3) is 2.28. The lowest BCUT2D eigenvalue weighted by Gasteiger charge is -2.60. The highest BCUT2D eigenvalue weighted by atomic mass is 16.2. The fourth-order valence-electron chi connectivity index (χ4n) is 5.95. The highest BCUT2D eigenvalue weighted by molar-refractivity contribution is 5.95. The van der Waals surface area contributed by atoms with E-state index < -0.39 is 0 Å². The third-order valence-electron chi connectivity index (χ3n) is 6.44. The largest absolute Gasteiger partial charge is 0.310 e. The van der Waals surface area contributed by atoms with Gasteiger partial charge in [0.05, 0.1) is 11.0 Å². The predicted molar refractivity (Wildman–Crippen MR) is 90.5 cm³/mol. The van der Waals surface area contributed by atoms with E-state index in [9.17, 15) is 4.79 Å². The van der Waals surface area contributed by atoms with E-state index in [-0.39, 0.29) is 16.9 Å². The lowest BCUT2D eigenvalue weighted by Crippen LogP contribution is -2.60. The number of tetrazole rings is 1. The molecular formula is C18H22N6O. The highest BCUT2D eigenvalue weighted by Gasteiger charge is 2.62. The minimum absolute atomic E-state index is 0.115. The lowest BCUT2D eigenvalue weighted by molar-refractivity contribution is -0.152. The SMILES string of the molecule is Cc1ccnc(NC(=O)C23C[C@H]4C[C@H](C2)CC(n2ncnn2)(C4)C3)c1. The minimum atomic E-state index is -0.330. The smallest absolute Gasteiger partial charge is 0.231 e. The molecule has 4 saturated carbocycles. The second-order valence-corrected chi connectivity index (χ2v) is 8.36. The zero-order valence-electron chi connectivity index (χ0n) is 14.4. The van der Waals surface area contributed by atoms with Gasteiger partial charge in [0.15, 0.2) is 6.33 Å². The highest BCUT2D eigenvalue weighted by Crippen LogP contribution is 2.64. The summed E-state index contributed by atoms with van der Waals surface area (Å²) in [6.07, 6.45) is 9.35. The first kappa shape index (κ1) is 15.0. The Morgan fingerprint density at radius 1 is 1.28 bits per heavy atom. The molecule has 2 heterocycles. The average Bonchev–Trinajstić information content (AvgIpc) is 3.09. The monoisotopic (exact) mass is 338 g/mol. The van der Waals surface area contributed by atoms with Gasteiger partial charge < -0.3 is 5.32 Å². The summed E-state index contributed by atoms with van der Waals surface area (Å²) in [5.74, 6) is 1.91. The molecular weight excluding hydrogens is 316 g/mol. The summed E-state index contributed by atoms with van der Waals surface area (Å²) in [7, 11) is 0. The molecule has 2 aromatic rings. The Hall–Kier alpha value is -2.31. The minimum Gasteiger partial charge on any atom is -0.310 e. The molecule has 130 valence electrons. The molecule has 2 atom stereocenters. The maximum absolute atomic E-state index is 13.3. The van der Waals surface area contributed by atoms with Crippen molar-refractivity contribution in [2.75, 3.05) is 5.32 Å². The van der Waals surface area contributed by atoms with Crippen LogP contribution in [-0.2, 0) is 10.3 Å². The number of rotatable bonds is 3. The zero-order chi connectivity index (χ0) is 17.1. The molecule has 4 aliphatic carbocycles. The molecule has 6 rings (SSSR count). The van der Waals surface area contributed by atoms with Crippen molar-refractivity contribution in [1.29, 1.82) is 0 Å². The van der Waals surface area contributed by atoms with E-state index in [4.69, 9.17) is 0 Å². The number of nitrogens with zero attached hydrogens (tertiary/aromatic N) is 5. The van der Waals surface area contributed by atoms with Gasteiger partial charge in [0.25, 0.3) is 0 Å². The van der Waals surface area contributed by atoms with Gasteiger partial charge in [0.2, 0.25) is 5.91 Å². The molecule has 4 aliphatic rings. The molecule has 25 heavy (non-hydrogen) atoms. The Morgan fingerprint density at radius 3 is 2.76 bits per heavy atom. The number of pyridine rings is 1. The van der Waals surface area contributed by atoms with Crippen LogP contribution >= 0.6 is 0 Å². The molecule has 1 N–H and O–H groups in total. The fourth-order valence-corrected chi connectivity index (χ4v) is 5.95. The van der Waals surface area contributed by atoms with Crippen LogP contribution in [0.4, 0.5) is 5.82 Å². The van der Waals surface area contributed by atoms with Crippen LogP contribution in [0.1, 0.15) is 44.1 Å². The number of aromatic nitrogens is 5. The van der Waals surface area contributed by atoms with Crippen molar-refractivity contribution in [3.63, 3.8) is 0 Å². The van der Waals surface area contributed by atoms with Crippen molar-refractivity contribution < 1.29 is 4.79 Å². The number of carbonyl (C=O) groups excluding carboxylic acids is 1. The van der Waals surface area contributed by atoms with Crippen LogP contribution < -0.4 is 5.32 Å². The molecule has 0 saturated heterocycles. The number of carbonyl (C=O) groups is 1. The molecule has 2 aromatic heterocycles. The lowest BCUT2D eigenvalue weighted by atomic mass is 9.46. The van der Waals surface area contributed by atoms with Crippen molar-refractivity contribution in [1.82, 2.24) is 25.2 Å². The van der Waals surface area contributed by atoms with Crippen molar-refractivity contribution in [3.8, 4) is 0 Å². The summed E-state index contributed by atoms with van der Waals surface area (Å²) in [6, 6.07) is 3.86. The molecule has 7 nitrogen and oxygen atoms in total. The van der Waals surface area contributed by atoms with Crippen LogP contribution in [0, 0.1) is 24.2 Å². The van der Waals surface area contributed by atoms with E-state index in [1.54, 1.807) is 11.0 Å². The van der Waals surface area contributed by atoms with Crippen molar-refractivity contribution in [3.05, 3.63) is 30.2 Å². The van der Waals surface area contributed by atoms with Gasteiger partial charge in [-0.1, -0.05) is 0 Å². The van der Waals surface area contributed by atoms with Gasteiger partial charge in [0, 0.05) is 6.20 Å². The number of hydrogen-bond donors (Lipinski definition) is 1. The second kappa shape index (κ2) is 5.09. The molecule has 4 bridgehead atoms. The van der Waals surface area contributed by atoms with Crippen molar-refractivity contribution in [2.45, 2.75) is 51.0 Å². The summed E-state index contributed by atoms with van der Waals surface area (Å²) in [5.41, 5.74) is 0.625. The van der Waals surface area contributed by atoms with E-state index in [0.717, 1.165) is 37.7 Å². The van der Waals surface area contributed by atoms with E-state index in [1.165, 1.54) is 12.7 Å². The number of aryl methyl sites for hydroxylation is 1. The quantitative estimate of drug-likeness (QED) is 0.928. The third-order valence-corrected chi connectivity index (χ3v) is 6.44. The van der Waals surface area contributed by atoms with E-state index in [0.29, 0.717) is 17.7 Å². The standard InChI is InChI=1S/C18H22N6O/c1-12-2-3-19-15(4-12)22-16(25)17-6-13-5-14(7-17)9-18(8-13,10-17)24-21-11-20-23-24/h2-4,11,13-14H,5-10H2,1H3,(H,19,22,25)/t13-,14-,17?,18?/m1/s1. The van der Waals surface area contributed by atoms with E-state index >= 15 is 0 Å². The Morgan fingerprint density at radius 2 is 2.08 bits per heavy atom. The summed E-state index contributed by atoms with van der Waals surface area (Å²) >= 11 is 0. The summed E-state index contributed by atoms with van der Waals surface area (Å²) in [6.45, 7) is 2.01. The molecule has 1 amide bonds. The average molecular weight is 338 g/mol. The van der Waals surface area contributed by atoms with Crippen LogP contribution in [0.2, 0.25) is 0 Å². The number of anilines is 1. The zero-order valence-corrected chi connectivity index (χ0v) is 14.4. The normalized spacial score (nSPS) is 35.7. The van der Waals surface area contributed by atoms with Crippen molar-refractivity contribution in [2.24, 2.45) is 17.3 Å². The van der Waals surface area contributed by atoms with Crippen molar-refractivity contribution >= 4 is 11.7 Å². The van der Waals surface area contributed by atoms with E-state index in [2.05, 4.69) is 25.7 Å². The van der Waals surface area contributed by atoms with Crippen LogP contribution in [0.15, 0.2) is 24.7 Å². The Kier molecular flexibility index (Phi) is 3.05. The van der Waals surface area contributed by atoms with Crippen LogP contribution in [0.25, 0.3) is 0 Å². The first-order valence-corrected chi connectivity index (χ1v) is 9.05. The Bertz CT molecular complexity index is 803. The van der Waals surface area contributed by atoms with Gasteiger partial charge in [-0.25, -0.2) is 4.98 Å².